The maximum Gasteiger partial charge on any atom is 0.266 e. The first kappa shape index (κ1) is 11.9. The van der Waals surface area contributed by atoms with Gasteiger partial charge < -0.3 is 24.7 Å². The van der Waals surface area contributed by atoms with E-state index in [9.17, 15) is 0 Å². The first-order valence-corrected chi connectivity index (χ1v) is 6.13. The molecule has 2 N–H and O–H groups in total. The zero-order valence-corrected chi connectivity index (χ0v) is 10.3. The third kappa shape index (κ3) is 2.37. The average Bonchev–Trinajstić information content (AvgIpc) is 3.13. The summed E-state index contributed by atoms with van der Waals surface area (Å²) in [6, 6.07) is 5.99. The molecular formula is C14H15NO4. The van der Waals surface area contributed by atoms with E-state index in [-0.39, 0.29) is 0 Å². The van der Waals surface area contributed by atoms with Crippen LogP contribution in [0, 0.1) is 0 Å². The highest BCUT2D eigenvalue weighted by atomic mass is 16.7. The Balaban J connectivity index is 1.92. The monoisotopic (exact) mass is 261 g/mol. The van der Waals surface area contributed by atoms with Crippen molar-refractivity contribution in [2.45, 2.75) is 19.0 Å². The maximum atomic E-state index is 5.59. The van der Waals surface area contributed by atoms with Crippen molar-refractivity contribution in [3.05, 3.63) is 59.9 Å². The van der Waals surface area contributed by atoms with Crippen LogP contribution in [-0.2, 0) is 25.4 Å². The van der Waals surface area contributed by atoms with Gasteiger partial charge in [-0.2, -0.15) is 0 Å². The van der Waals surface area contributed by atoms with E-state index >= 15 is 0 Å². The van der Waals surface area contributed by atoms with Crippen LogP contribution in [0.2, 0.25) is 0 Å². The number of hydrogen-bond acceptors (Lipinski definition) is 5. The molecule has 0 saturated heterocycles. The molecule has 5 nitrogen and oxygen atoms in total. The minimum atomic E-state index is -0.458. The molecule has 2 aliphatic heterocycles. The fourth-order valence-corrected chi connectivity index (χ4v) is 2.14. The Kier molecular flexibility index (Phi) is 3.29. The molecule has 0 aromatic heterocycles. The van der Waals surface area contributed by atoms with E-state index < -0.39 is 12.6 Å². The largest absolute Gasteiger partial charge is 0.455 e. The summed E-state index contributed by atoms with van der Waals surface area (Å²) in [5.74, 6) is 0. The van der Waals surface area contributed by atoms with Crippen LogP contribution in [0.4, 0.5) is 0 Å². The molecule has 19 heavy (non-hydrogen) atoms. The first-order valence-electron chi connectivity index (χ1n) is 6.13. The molecule has 0 radical (unpaired) electrons. The lowest BCUT2D eigenvalue weighted by Gasteiger charge is -2.19. The van der Waals surface area contributed by atoms with Gasteiger partial charge in [0, 0.05) is 11.1 Å². The molecule has 1 aromatic rings. The van der Waals surface area contributed by atoms with Crippen molar-refractivity contribution in [1.29, 1.82) is 0 Å². The molecule has 0 spiro atoms. The van der Waals surface area contributed by atoms with Gasteiger partial charge in [0.15, 0.2) is 0 Å². The van der Waals surface area contributed by atoms with E-state index in [0.29, 0.717) is 6.54 Å². The zero-order chi connectivity index (χ0) is 13.1. The van der Waals surface area contributed by atoms with Crippen molar-refractivity contribution in [3.8, 4) is 0 Å². The lowest BCUT2D eigenvalue weighted by Crippen LogP contribution is -2.10. The number of nitrogens with two attached hydrogens (primary N) is 1. The summed E-state index contributed by atoms with van der Waals surface area (Å²) in [7, 11) is 0. The molecule has 0 amide bonds. The van der Waals surface area contributed by atoms with Crippen LogP contribution in [0.3, 0.4) is 0 Å². The summed E-state index contributed by atoms with van der Waals surface area (Å²) in [6.45, 7) is 0.599. The Morgan fingerprint density at radius 2 is 1.42 bits per heavy atom. The first-order chi connectivity index (χ1) is 9.38. The van der Waals surface area contributed by atoms with E-state index in [4.69, 9.17) is 24.7 Å². The van der Waals surface area contributed by atoms with E-state index in [0.717, 1.165) is 23.1 Å². The maximum absolute atomic E-state index is 5.59. The lowest BCUT2D eigenvalue weighted by molar-refractivity contribution is -0.0449. The van der Waals surface area contributed by atoms with E-state index in [1.54, 1.807) is 0 Å². The Morgan fingerprint density at radius 1 is 0.842 bits per heavy atom. The second-order valence-corrected chi connectivity index (χ2v) is 4.25. The molecule has 3 rings (SSSR count). The summed E-state index contributed by atoms with van der Waals surface area (Å²) in [6.07, 6.45) is 6.00. The molecule has 1 aromatic carbocycles. The topological polar surface area (TPSA) is 62.9 Å². The smallest absolute Gasteiger partial charge is 0.266 e. The molecule has 0 aliphatic carbocycles. The summed E-state index contributed by atoms with van der Waals surface area (Å²) < 4.78 is 21.6. The van der Waals surface area contributed by atoms with Gasteiger partial charge in [-0.1, -0.05) is 12.1 Å². The predicted molar refractivity (Wildman–Crippen MR) is 67.3 cm³/mol. The summed E-state index contributed by atoms with van der Waals surface area (Å²) in [4.78, 5) is 0. The molecular weight excluding hydrogens is 246 g/mol. The van der Waals surface area contributed by atoms with Crippen LogP contribution in [0.25, 0.3) is 0 Å². The minimum absolute atomic E-state index is 0.449. The third-order valence-electron chi connectivity index (χ3n) is 3.01. The van der Waals surface area contributed by atoms with Crippen molar-refractivity contribution < 1.29 is 18.9 Å². The molecule has 100 valence electrons. The number of ether oxygens (including phenoxy) is 4. The van der Waals surface area contributed by atoms with Gasteiger partial charge in [-0.15, -0.1) is 0 Å². The highest BCUT2D eigenvalue weighted by Crippen LogP contribution is 2.34. The Hall–Kier alpha value is -2.14. The molecule has 5 heteroatoms. The quantitative estimate of drug-likeness (QED) is 0.900. The van der Waals surface area contributed by atoms with Gasteiger partial charge in [0.1, 0.15) is 25.0 Å². The second-order valence-electron chi connectivity index (χ2n) is 4.25. The predicted octanol–water partition coefficient (Wildman–Crippen LogP) is 2.22. The van der Waals surface area contributed by atoms with Gasteiger partial charge in [-0.3, -0.25) is 0 Å². The van der Waals surface area contributed by atoms with E-state index in [1.807, 2.05) is 18.2 Å². The number of rotatable bonds is 4. The van der Waals surface area contributed by atoms with E-state index in [2.05, 4.69) is 0 Å². The molecule has 0 atom stereocenters. The summed E-state index contributed by atoms with van der Waals surface area (Å²) in [5.41, 5.74) is 8.50. The van der Waals surface area contributed by atoms with E-state index in [1.165, 1.54) is 25.0 Å². The van der Waals surface area contributed by atoms with Crippen molar-refractivity contribution in [2.24, 2.45) is 5.73 Å². The fraction of sp³-hybridized carbons (Fsp3) is 0.286. The van der Waals surface area contributed by atoms with Gasteiger partial charge in [-0.05, 0) is 24.6 Å². The van der Waals surface area contributed by atoms with Crippen molar-refractivity contribution >= 4 is 0 Å². The van der Waals surface area contributed by atoms with Gasteiger partial charge in [-0.25, -0.2) is 0 Å². The second kappa shape index (κ2) is 5.24. The normalized spacial score (nSPS) is 17.9. The lowest BCUT2D eigenvalue weighted by atomic mass is 10.0. The Bertz CT molecular complexity index is 496. The van der Waals surface area contributed by atoms with Gasteiger partial charge >= 0.3 is 0 Å². The average molecular weight is 261 g/mol. The molecule has 0 fully saturated rings. The number of benzene rings is 1. The van der Waals surface area contributed by atoms with Gasteiger partial charge in [0.2, 0.25) is 0 Å². The van der Waals surface area contributed by atoms with Crippen LogP contribution in [0.5, 0.6) is 0 Å². The van der Waals surface area contributed by atoms with Crippen LogP contribution in [0.1, 0.15) is 29.3 Å². The highest BCUT2D eigenvalue weighted by Gasteiger charge is 2.26. The SMILES string of the molecule is NCCc1ccc(C2OC=CO2)c(C2OC=CO2)c1. The molecule has 0 bridgehead atoms. The third-order valence-corrected chi connectivity index (χ3v) is 3.01. The summed E-state index contributed by atoms with van der Waals surface area (Å²) >= 11 is 0. The number of hydrogen-bond donors (Lipinski definition) is 1. The highest BCUT2D eigenvalue weighted by molar-refractivity contribution is 5.35. The summed E-state index contributed by atoms with van der Waals surface area (Å²) in [5, 5.41) is 0. The molecule has 2 aliphatic rings. The van der Waals surface area contributed by atoms with Crippen LogP contribution < -0.4 is 5.73 Å². The van der Waals surface area contributed by atoms with Crippen molar-refractivity contribution in [1.82, 2.24) is 0 Å². The molecule has 0 unspecified atom stereocenters. The Morgan fingerprint density at radius 3 is 2.00 bits per heavy atom. The molecule has 0 saturated carbocycles. The van der Waals surface area contributed by atoms with Crippen LogP contribution >= 0.6 is 0 Å². The zero-order valence-electron chi connectivity index (χ0n) is 10.3. The standard InChI is InChI=1S/C14H15NO4/c15-4-3-10-1-2-11(13-16-5-6-17-13)12(9-10)14-18-7-8-19-14/h1-2,5-9,13-14H,3-4,15H2. The van der Waals surface area contributed by atoms with Crippen LogP contribution in [-0.4, -0.2) is 6.54 Å². The van der Waals surface area contributed by atoms with Gasteiger partial charge in [0.05, 0.1) is 0 Å². The molecule has 2 heterocycles. The minimum Gasteiger partial charge on any atom is -0.455 e. The van der Waals surface area contributed by atoms with Crippen molar-refractivity contribution in [2.75, 3.05) is 6.54 Å². The van der Waals surface area contributed by atoms with Gasteiger partial charge in [0.25, 0.3) is 12.6 Å². The fourth-order valence-electron chi connectivity index (χ4n) is 2.14. The van der Waals surface area contributed by atoms with Crippen molar-refractivity contribution in [3.63, 3.8) is 0 Å². The van der Waals surface area contributed by atoms with Crippen LogP contribution in [0.15, 0.2) is 43.2 Å². The Labute approximate surface area is 111 Å².